The smallest absolute Gasteiger partial charge is 0.264 e. The Morgan fingerprint density at radius 3 is 2.45 bits per heavy atom. The first-order valence-corrected chi connectivity index (χ1v) is 7.07. The van der Waals surface area contributed by atoms with Crippen LogP contribution in [0.1, 0.15) is 11.8 Å². The molecule has 0 radical (unpaired) electrons. The first-order valence-electron chi connectivity index (χ1n) is 6.25. The highest BCUT2D eigenvalue weighted by atomic mass is 32.1. The number of hydrogen-bond donors (Lipinski definition) is 1. The molecule has 0 saturated heterocycles. The van der Waals surface area contributed by atoms with Crippen molar-refractivity contribution in [1.82, 2.24) is 4.98 Å². The minimum absolute atomic E-state index is 0.0490. The maximum absolute atomic E-state index is 11.7. The second-order valence-electron chi connectivity index (χ2n) is 4.02. The molecule has 2 rings (SSSR count). The second kappa shape index (κ2) is 6.91. The van der Waals surface area contributed by atoms with Gasteiger partial charge < -0.3 is 9.47 Å². The Hall–Kier alpha value is -2.08. The van der Waals surface area contributed by atoms with Gasteiger partial charge in [-0.3, -0.25) is 10.1 Å². The largest absolute Gasteiger partial charge is 0.494 e. The van der Waals surface area contributed by atoms with Crippen LogP contribution in [-0.2, 0) is 4.79 Å². The lowest BCUT2D eigenvalue weighted by atomic mass is 10.3. The summed E-state index contributed by atoms with van der Waals surface area (Å²) in [5.74, 6) is 1.18. The average molecular weight is 292 g/mol. The van der Waals surface area contributed by atoms with Gasteiger partial charge in [0.15, 0.2) is 11.7 Å². The zero-order chi connectivity index (χ0) is 14.4. The lowest BCUT2D eigenvalue weighted by Crippen LogP contribution is -2.19. The Morgan fingerprint density at radius 1 is 1.25 bits per heavy atom. The molecule has 5 nitrogen and oxygen atoms in total. The molecule has 1 amide bonds. The predicted molar refractivity (Wildman–Crippen MR) is 78.6 cm³/mol. The van der Waals surface area contributed by atoms with Crippen molar-refractivity contribution in [3.8, 4) is 11.5 Å². The van der Waals surface area contributed by atoms with Crippen LogP contribution in [0.5, 0.6) is 11.5 Å². The van der Waals surface area contributed by atoms with E-state index in [9.17, 15) is 4.79 Å². The van der Waals surface area contributed by atoms with Crippen molar-refractivity contribution in [2.24, 2.45) is 0 Å². The fourth-order valence-corrected chi connectivity index (χ4v) is 2.20. The molecule has 0 bridgehead atoms. The molecular weight excluding hydrogens is 276 g/mol. The van der Waals surface area contributed by atoms with Crippen LogP contribution in [0.3, 0.4) is 0 Å². The van der Waals surface area contributed by atoms with Gasteiger partial charge in [-0.15, -0.1) is 11.3 Å². The fourth-order valence-electron chi connectivity index (χ4n) is 1.52. The summed E-state index contributed by atoms with van der Waals surface area (Å²) in [5.41, 5.74) is 0. The Balaban J connectivity index is 1.80. The first kappa shape index (κ1) is 14.3. The minimum atomic E-state index is -0.228. The van der Waals surface area contributed by atoms with E-state index in [0.29, 0.717) is 17.5 Å². The zero-order valence-corrected chi connectivity index (χ0v) is 12.2. The lowest BCUT2D eigenvalue weighted by Gasteiger charge is -2.07. The summed E-state index contributed by atoms with van der Waals surface area (Å²) in [6.45, 7) is 4.43. The topological polar surface area (TPSA) is 60.5 Å². The van der Waals surface area contributed by atoms with Crippen molar-refractivity contribution in [2.45, 2.75) is 13.8 Å². The molecule has 0 atom stereocenters. The molecule has 0 aliphatic carbocycles. The van der Waals surface area contributed by atoms with Crippen molar-refractivity contribution in [2.75, 3.05) is 18.5 Å². The van der Waals surface area contributed by atoms with E-state index in [1.807, 2.05) is 13.8 Å². The first-order chi connectivity index (χ1) is 9.67. The molecule has 106 valence electrons. The van der Waals surface area contributed by atoms with E-state index in [4.69, 9.17) is 9.47 Å². The molecule has 0 saturated carbocycles. The van der Waals surface area contributed by atoms with Gasteiger partial charge >= 0.3 is 0 Å². The minimum Gasteiger partial charge on any atom is -0.494 e. The van der Waals surface area contributed by atoms with Gasteiger partial charge in [0.2, 0.25) is 0 Å². The summed E-state index contributed by atoms with van der Waals surface area (Å²) in [7, 11) is 0. The Bertz CT molecular complexity index is 566. The Kier molecular flexibility index (Phi) is 4.95. The molecular formula is C14H16N2O3S. The van der Waals surface area contributed by atoms with Gasteiger partial charge in [0.05, 0.1) is 6.61 Å². The third kappa shape index (κ3) is 4.24. The quantitative estimate of drug-likeness (QED) is 0.889. The van der Waals surface area contributed by atoms with Gasteiger partial charge in [0.1, 0.15) is 11.5 Å². The summed E-state index contributed by atoms with van der Waals surface area (Å²) in [6, 6.07) is 7.15. The van der Waals surface area contributed by atoms with Crippen LogP contribution in [0.15, 0.2) is 30.5 Å². The second-order valence-corrected chi connectivity index (χ2v) is 5.25. The molecule has 6 heteroatoms. The number of thiazole rings is 1. The van der Waals surface area contributed by atoms with E-state index in [1.165, 1.54) is 11.3 Å². The molecule has 1 aromatic heterocycles. The molecule has 0 aliphatic rings. The number of hydrogen-bond acceptors (Lipinski definition) is 5. The van der Waals surface area contributed by atoms with Crippen molar-refractivity contribution in [3.05, 3.63) is 35.3 Å². The fraction of sp³-hybridized carbons (Fsp3) is 0.286. The van der Waals surface area contributed by atoms with E-state index in [0.717, 1.165) is 10.6 Å². The van der Waals surface area contributed by atoms with Crippen LogP contribution in [0.2, 0.25) is 0 Å². The van der Waals surface area contributed by atoms with Gasteiger partial charge in [-0.1, -0.05) is 0 Å². The summed E-state index contributed by atoms with van der Waals surface area (Å²) in [6.07, 6.45) is 1.72. The number of amides is 1. The van der Waals surface area contributed by atoms with E-state index >= 15 is 0 Å². The highest BCUT2D eigenvalue weighted by Gasteiger charge is 2.06. The van der Waals surface area contributed by atoms with Crippen molar-refractivity contribution >= 4 is 22.4 Å². The number of rotatable bonds is 6. The maximum atomic E-state index is 11.7. The van der Waals surface area contributed by atoms with Crippen LogP contribution in [0.4, 0.5) is 5.13 Å². The molecule has 0 aliphatic heterocycles. The lowest BCUT2D eigenvalue weighted by molar-refractivity contribution is -0.118. The Labute approximate surface area is 121 Å². The standard InChI is InChI=1S/C14H16N2O3S/c1-3-18-11-4-6-12(7-5-11)19-9-13(17)16-14-15-8-10(2)20-14/h4-8H,3,9H2,1-2H3,(H,15,16,17). The monoisotopic (exact) mass is 292 g/mol. The Morgan fingerprint density at radius 2 is 1.90 bits per heavy atom. The normalized spacial score (nSPS) is 10.1. The number of carbonyl (C=O) groups excluding carboxylic acids is 1. The van der Waals surface area contributed by atoms with Gasteiger partial charge in [-0.2, -0.15) is 0 Å². The maximum Gasteiger partial charge on any atom is 0.264 e. The summed E-state index contributed by atoms with van der Waals surface area (Å²) < 4.78 is 10.7. The summed E-state index contributed by atoms with van der Waals surface area (Å²) >= 11 is 1.43. The average Bonchev–Trinajstić information content (AvgIpc) is 2.84. The SMILES string of the molecule is CCOc1ccc(OCC(=O)Nc2ncc(C)s2)cc1. The number of ether oxygens (including phenoxy) is 2. The van der Waals surface area contributed by atoms with Crippen LogP contribution >= 0.6 is 11.3 Å². The van der Waals surface area contributed by atoms with Crippen molar-refractivity contribution in [1.29, 1.82) is 0 Å². The predicted octanol–water partition coefficient (Wildman–Crippen LogP) is 2.87. The van der Waals surface area contributed by atoms with Crippen molar-refractivity contribution in [3.63, 3.8) is 0 Å². The number of aromatic nitrogens is 1. The molecule has 0 unspecified atom stereocenters. The molecule has 20 heavy (non-hydrogen) atoms. The van der Waals surface area contributed by atoms with Gasteiger partial charge in [-0.25, -0.2) is 4.98 Å². The number of aryl methyl sites for hydroxylation is 1. The van der Waals surface area contributed by atoms with Crippen LogP contribution in [0, 0.1) is 6.92 Å². The van der Waals surface area contributed by atoms with Crippen LogP contribution in [0.25, 0.3) is 0 Å². The molecule has 0 fully saturated rings. The van der Waals surface area contributed by atoms with Gasteiger partial charge in [-0.05, 0) is 38.1 Å². The zero-order valence-electron chi connectivity index (χ0n) is 11.4. The van der Waals surface area contributed by atoms with Crippen LogP contribution < -0.4 is 14.8 Å². The van der Waals surface area contributed by atoms with Crippen molar-refractivity contribution < 1.29 is 14.3 Å². The number of nitrogens with zero attached hydrogens (tertiary/aromatic N) is 1. The molecule has 2 aromatic rings. The number of carbonyl (C=O) groups is 1. The summed E-state index contributed by atoms with van der Waals surface area (Å²) in [5, 5.41) is 3.27. The molecule has 1 aromatic carbocycles. The van der Waals surface area contributed by atoms with E-state index in [1.54, 1.807) is 30.5 Å². The van der Waals surface area contributed by atoms with E-state index in [2.05, 4.69) is 10.3 Å². The van der Waals surface area contributed by atoms with Crippen LogP contribution in [-0.4, -0.2) is 24.1 Å². The third-order valence-electron chi connectivity index (χ3n) is 2.37. The van der Waals surface area contributed by atoms with Gasteiger partial charge in [0.25, 0.3) is 5.91 Å². The van der Waals surface area contributed by atoms with Gasteiger partial charge in [0, 0.05) is 11.1 Å². The molecule has 0 spiro atoms. The van der Waals surface area contributed by atoms with E-state index < -0.39 is 0 Å². The summed E-state index contributed by atoms with van der Waals surface area (Å²) in [4.78, 5) is 16.8. The van der Waals surface area contributed by atoms with E-state index in [-0.39, 0.29) is 12.5 Å². The number of nitrogens with one attached hydrogen (secondary N) is 1. The highest BCUT2D eigenvalue weighted by molar-refractivity contribution is 7.15. The molecule has 1 heterocycles. The molecule has 1 N–H and O–H groups in total. The number of benzene rings is 1. The third-order valence-corrected chi connectivity index (χ3v) is 3.20. The number of anilines is 1. The highest BCUT2D eigenvalue weighted by Crippen LogP contribution is 2.18.